The number of amides is 1. The van der Waals surface area contributed by atoms with E-state index in [-0.39, 0.29) is 5.91 Å². The van der Waals surface area contributed by atoms with E-state index in [1.807, 2.05) is 48.5 Å². The predicted molar refractivity (Wildman–Crippen MR) is 90.5 cm³/mol. The number of hydrogen-bond donors (Lipinski definition) is 1. The van der Waals surface area contributed by atoms with Crippen LogP contribution in [-0.2, 0) is 4.79 Å². The van der Waals surface area contributed by atoms with Crippen molar-refractivity contribution in [3.05, 3.63) is 53.0 Å². The summed E-state index contributed by atoms with van der Waals surface area (Å²) in [5.74, 6) is 1.54. The highest BCUT2D eigenvalue weighted by atomic mass is 79.9. The fourth-order valence-corrected chi connectivity index (χ4v) is 2.25. The first-order valence-electron chi connectivity index (χ1n) is 7.00. The lowest BCUT2D eigenvalue weighted by Gasteiger charge is -2.08. The average Bonchev–Trinajstić information content (AvgIpc) is 2.54. The van der Waals surface area contributed by atoms with E-state index in [9.17, 15) is 4.79 Å². The molecule has 0 saturated carbocycles. The third kappa shape index (κ3) is 5.07. The van der Waals surface area contributed by atoms with Gasteiger partial charge < -0.3 is 14.8 Å². The molecular weight excluding hydrogens is 346 g/mol. The van der Waals surface area contributed by atoms with Crippen LogP contribution in [0.1, 0.15) is 12.8 Å². The highest BCUT2D eigenvalue weighted by Gasteiger charge is 2.05. The molecule has 22 heavy (non-hydrogen) atoms. The van der Waals surface area contributed by atoms with Gasteiger partial charge in [-0.2, -0.15) is 0 Å². The second-order valence-corrected chi connectivity index (χ2v) is 5.51. The van der Waals surface area contributed by atoms with Crippen LogP contribution in [0.4, 0.5) is 5.69 Å². The standard InChI is InChI=1S/C17H18BrNO3/c1-21-13-8-10-14(11-9-13)22-12-4-7-17(20)19-16-6-3-2-5-15(16)18/h2-3,5-6,8-11H,4,7,12H2,1H3,(H,19,20). The minimum Gasteiger partial charge on any atom is -0.497 e. The Hall–Kier alpha value is -2.01. The summed E-state index contributed by atoms with van der Waals surface area (Å²) >= 11 is 3.40. The zero-order valence-corrected chi connectivity index (χ0v) is 13.9. The topological polar surface area (TPSA) is 47.6 Å². The van der Waals surface area contributed by atoms with Crippen LogP contribution in [0.15, 0.2) is 53.0 Å². The smallest absolute Gasteiger partial charge is 0.224 e. The Balaban J connectivity index is 1.69. The van der Waals surface area contributed by atoms with Crippen LogP contribution in [0.3, 0.4) is 0 Å². The van der Waals surface area contributed by atoms with Crippen LogP contribution in [-0.4, -0.2) is 19.6 Å². The summed E-state index contributed by atoms with van der Waals surface area (Å²) in [6.45, 7) is 0.496. The molecule has 0 unspecified atom stereocenters. The lowest BCUT2D eigenvalue weighted by Crippen LogP contribution is -2.13. The maximum Gasteiger partial charge on any atom is 0.224 e. The Morgan fingerprint density at radius 3 is 2.45 bits per heavy atom. The van der Waals surface area contributed by atoms with E-state index in [1.165, 1.54) is 0 Å². The van der Waals surface area contributed by atoms with Crippen molar-refractivity contribution in [2.24, 2.45) is 0 Å². The number of carbonyl (C=O) groups excluding carboxylic acids is 1. The number of hydrogen-bond acceptors (Lipinski definition) is 3. The summed E-state index contributed by atoms with van der Waals surface area (Å²) in [6.07, 6.45) is 1.07. The van der Waals surface area contributed by atoms with Crippen LogP contribution < -0.4 is 14.8 Å². The Kier molecular flexibility index (Phi) is 6.27. The van der Waals surface area contributed by atoms with Gasteiger partial charge in [0.2, 0.25) is 5.91 Å². The Bertz CT molecular complexity index is 614. The van der Waals surface area contributed by atoms with E-state index in [2.05, 4.69) is 21.2 Å². The number of carbonyl (C=O) groups is 1. The van der Waals surface area contributed by atoms with E-state index < -0.39 is 0 Å². The number of para-hydroxylation sites is 1. The third-order valence-corrected chi connectivity index (χ3v) is 3.72. The molecule has 0 aliphatic heterocycles. The van der Waals surface area contributed by atoms with Gasteiger partial charge in [-0.1, -0.05) is 12.1 Å². The molecule has 0 spiro atoms. The van der Waals surface area contributed by atoms with Crippen LogP contribution in [0.5, 0.6) is 11.5 Å². The summed E-state index contributed by atoms with van der Waals surface area (Å²) in [6, 6.07) is 14.9. The molecule has 0 aliphatic carbocycles. The summed E-state index contributed by atoms with van der Waals surface area (Å²) in [5.41, 5.74) is 0.781. The first kappa shape index (κ1) is 16.4. The average molecular weight is 364 g/mol. The van der Waals surface area contributed by atoms with E-state index in [4.69, 9.17) is 9.47 Å². The van der Waals surface area contributed by atoms with Crippen molar-refractivity contribution in [1.82, 2.24) is 0 Å². The van der Waals surface area contributed by atoms with Gasteiger partial charge in [0.05, 0.1) is 19.4 Å². The molecule has 0 bridgehead atoms. The molecule has 2 aromatic carbocycles. The van der Waals surface area contributed by atoms with Crippen molar-refractivity contribution in [1.29, 1.82) is 0 Å². The molecule has 0 aromatic heterocycles. The quantitative estimate of drug-likeness (QED) is 0.747. The van der Waals surface area contributed by atoms with Gasteiger partial charge in [0.15, 0.2) is 0 Å². The highest BCUT2D eigenvalue weighted by molar-refractivity contribution is 9.10. The van der Waals surface area contributed by atoms with Gasteiger partial charge in [0.25, 0.3) is 0 Å². The predicted octanol–water partition coefficient (Wildman–Crippen LogP) is 4.26. The molecule has 0 atom stereocenters. The van der Waals surface area contributed by atoms with Crippen molar-refractivity contribution in [3.63, 3.8) is 0 Å². The van der Waals surface area contributed by atoms with Gasteiger partial charge in [0, 0.05) is 10.9 Å². The van der Waals surface area contributed by atoms with Crippen LogP contribution in [0.2, 0.25) is 0 Å². The van der Waals surface area contributed by atoms with E-state index >= 15 is 0 Å². The van der Waals surface area contributed by atoms with Crippen LogP contribution in [0, 0.1) is 0 Å². The van der Waals surface area contributed by atoms with Gasteiger partial charge >= 0.3 is 0 Å². The maximum absolute atomic E-state index is 11.9. The van der Waals surface area contributed by atoms with Gasteiger partial charge in [0.1, 0.15) is 11.5 Å². The Labute approximate surface area is 138 Å². The van der Waals surface area contributed by atoms with Gasteiger partial charge in [-0.3, -0.25) is 4.79 Å². The normalized spacial score (nSPS) is 10.1. The molecule has 1 amide bonds. The van der Waals surface area contributed by atoms with E-state index in [0.29, 0.717) is 19.4 Å². The molecule has 0 saturated heterocycles. The zero-order valence-electron chi connectivity index (χ0n) is 12.3. The summed E-state index contributed by atoms with van der Waals surface area (Å²) in [4.78, 5) is 11.9. The molecule has 0 radical (unpaired) electrons. The molecule has 2 aromatic rings. The SMILES string of the molecule is COc1ccc(OCCCC(=O)Nc2ccccc2Br)cc1. The largest absolute Gasteiger partial charge is 0.497 e. The summed E-state index contributed by atoms with van der Waals surface area (Å²) in [7, 11) is 1.62. The minimum atomic E-state index is -0.0229. The third-order valence-electron chi connectivity index (χ3n) is 3.02. The monoisotopic (exact) mass is 363 g/mol. The fourth-order valence-electron chi connectivity index (χ4n) is 1.87. The molecule has 116 valence electrons. The Morgan fingerprint density at radius 2 is 1.77 bits per heavy atom. The summed E-state index contributed by atoms with van der Waals surface area (Å²) in [5, 5.41) is 2.87. The lowest BCUT2D eigenvalue weighted by atomic mass is 10.2. The molecular formula is C17H18BrNO3. The van der Waals surface area contributed by atoms with Crippen molar-refractivity contribution >= 4 is 27.5 Å². The first-order chi connectivity index (χ1) is 10.7. The molecule has 0 fully saturated rings. The maximum atomic E-state index is 11.9. The molecule has 4 nitrogen and oxygen atoms in total. The van der Waals surface area contributed by atoms with Gasteiger partial charge in [-0.25, -0.2) is 0 Å². The van der Waals surface area contributed by atoms with Crippen molar-refractivity contribution in [2.45, 2.75) is 12.8 Å². The molecule has 0 aliphatic rings. The van der Waals surface area contributed by atoms with Gasteiger partial charge in [-0.05, 0) is 58.7 Å². The number of anilines is 1. The number of halogens is 1. The molecule has 5 heteroatoms. The summed E-state index contributed by atoms with van der Waals surface area (Å²) < 4.78 is 11.5. The van der Waals surface area contributed by atoms with Crippen molar-refractivity contribution in [3.8, 4) is 11.5 Å². The zero-order chi connectivity index (χ0) is 15.8. The van der Waals surface area contributed by atoms with E-state index in [0.717, 1.165) is 21.7 Å². The number of nitrogens with one attached hydrogen (secondary N) is 1. The number of benzene rings is 2. The number of methoxy groups -OCH3 is 1. The number of rotatable bonds is 7. The van der Waals surface area contributed by atoms with Crippen LogP contribution in [0.25, 0.3) is 0 Å². The van der Waals surface area contributed by atoms with Crippen molar-refractivity contribution in [2.75, 3.05) is 19.0 Å². The van der Waals surface area contributed by atoms with Crippen LogP contribution >= 0.6 is 15.9 Å². The molecule has 1 N–H and O–H groups in total. The molecule has 2 rings (SSSR count). The second kappa shape index (κ2) is 8.44. The number of ether oxygens (including phenoxy) is 2. The fraction of sp³-hybridized carbons (Fsp3) is 0.235. The molecule has 0 heterocycles. The highest BCUT2D eigenvalue weighted by Crippen LogP contribution is 2.21. The lowest BCUT2D eigenvalue weighted by molar-refractivity contribution is -0.116. The van der Waals surface area contributed by atoms with Crippen molar-refractivity contribution < 1.29 is 14.3 Å². The first-order valence-corrected chi connectivity index (χ1v) is 7.79. The van der Waals surface area contributed by atoms with Gasteiger partial charge in [-0.15, -0.1) is 0 Å². The Morgan fingerprint density at radius 1 is 1.09 bits per heavy atom. The second-order valence-electron chi connectivity index (χ2n) is 4.66. The minimum absolute atomic E-state index is 0.0229. The van der Waals surface area contributed by atoms with E-state index in [1.54, 1.807) is 7.11 Å².